The van der Waals surface area contributed by atoms with E-state index in [4.69, 9.17) is 11.6 Å². The summed E-state index contributed by atoms with van der Waals surface area (Å²) >= 11 is 8.73. The van der Waals surface area contributed by atoms with Crippen LogP contribution in [-0.4, -0.2) is 27.0 Å². The van der Waals surface area contributed by atoms with Gasteiger partial charge in [0.15, 0.2) is 4.34 Å². The molecule has 1 aliphatic heterocycles. The Balaban J connectivity index is 1.57. The Labute approximate surface area is 253 Å². The van der Waals surface area contributed by atoms with Crippen LogP contribution in [0.5, 0.6) is 0 Å². The normalized spacial score (nSPS) is 16.9. The number of nitrogens with zero attached hydrogens (tertiary/aromatic N) is 3. The molecule has 0 aliphatic carbocycles. The van der Waals surface area contributed by atoms with Crippen LogP contribution in [0.3, 0.4) is 0 Å². The molecule has 1 atom stereocenters. The predicted octanol–water partition coefficient (Wildman–Crippen LogP) is 8.02. The maximum atomic E-state index is 13.6. The van der Waals surface area contributed by atoms with E-state index in [2.05, 4.69) is 31.0 Å². The van der Waals surface area contributed by atoms with Gasteiger partial charge in [0.1, 0.15) is 5.76 Å². The lowest BCUT2D eigenvalue weighted by molar-refractivity contribution is -0.132. The van der Waals surface area contributed by atoms with E-state index in [9.17, 15) is 14.7 Å². The molecule has 9 heteroatoms. The van der Waals surface area contributed by atoms with Crippen molar-refractivity contribution in [2.24, 2.45) is 0 Å². The van der Waals surface area contributed by atoms with Crippen LogP contribution in [0, 0.1) is 13.8 Å². The number of Topliss-reactive ketones (excluding diaryl/α,β-unsaturated/α-hetero) is 1. The standard InChI is InChI=1S/C32H30ClN3O3S2/c1-18-6-7-19(2)24(16-18)27(37)25-26(21-10-12-22(13-11-21)32(3,4)5)36(29(39)28(25)38)30-34-35-31(41-30)40-17-20-8-14-23(33)15-9-20/h6-16,26,37H,17H2,1-5H3. The lowest BCUT2D eigenvalue weighted by atomic mass is 9.85. The average molecular weight is 604 g/mol. The highest BCUT2D eigenvalue weighted by Crippen LogP contribution is 2.44. The van der Waals surface area contributed by atoms with Crippen LogP contribution in [-0.2, 0) is 20.8 Å². The molecule has 2 heterocycles. The van der Waals surface area contributed by atoms with E-state index >= 15 is 0 Å². The summed E-state index contributed by atoms with van der Waals surface area (Å²) in [6.45, 7) is 10.2. The Kier molecular flexibility index (Phi) is 8.10. The average Bonchev–Trinajstić information content (AvgIpc) is 3.51. The topological polar surface area (TPSA) is 83.4 Å². The van der Waals surface area contributed by atoms with Crippen molar-refractivity contribution >= 4 is 57.3 Å². The number of aryl methyl sites for hydroxylation is 2. The zero-order valence-corrected chi connectivity index (χ0v) is 25.8. The maximum absolute atomic E-state index is 13.6. The molecule has 6 nitrogen and oxygen atoms in total. The number of carbonyl (C=O) groups excluding carboxylic acids is 2. The number of carbonyl (C=O) groups is 2. The monoisotopic (exact) mass is 603 g/mol. The quantitative estimate of drug-likeness (QED) is 0.0790. The molecule has 0 bridgehead atoms. The van der Waals surface area contributed by atoms with Crippen LogP contribution in [0.25, 0.3) is 5.76 Å². The molecule has 1 N–H and O–H groups in total. The van der Waals surface area contributed by atoms with Gasteiger partial charge in [0.2, 0.25) is 5.13 Å². The van der Waals surface area contributed by atoms with Crippen LogP contribution in [0.15, 0.2) is 76.6 Å². The zero-order chi connectivity index (χ0) is 29.5. The molecule has 0 radical (unpaired) electrons. The number of amides is 1. The van der Waals surface area contributed by atoms with Gasteiger partial charge in [-0.05, 0) is 59.7 Å². The van der Waals surface area contributed by atoms with Gasteiger partial charge in [-0.25, -0.2) is 0 Å². The van der Waals surface area contributed by atoms with Crippen molar-refractivity contribution in [2.75, 3.05) is 4.90 Å². The first kappa shape index (κ1) is 29.0. The fourth-order valence-corrected chi connectivity index (χ4v) is 6.68. The molecule has 1 fully saturated rings. The smallest absolute Gasteiger partial charge is 0.301 e. The van der Waals surface area contributed by atoms with Crippen molar-refractivity contribution in [1.82, 2.24) is 10.2 Å². The van der Waals surface area contributed by atoms with E-state index in [-0.39, 0.29) is 16.7 Å². The summed E-state index contributed by atoms with van der Waals surface area (Å²) < 4.78 is 0.660. The van der Waals surface area contributed by atoms with Crippen molar-refractivity contribution < 1.29 is 14.7 Å². The van der Waals surface area contributed by atoms with Gasteiger partial charge in [0, 0.05) is 16.3 Å². The van der Waals surface area contributed by atoms with Crippen molar-refractivity contribution in [1.29, 1.82) is 0 Å². The minimum absolute atomic E-state index is 0.0396. The number of aliphatic hydroxyl groups is 1. The summed E-state index contributed by atoms with van der Waals surface area (Å²) in [5.41, 5.74) is 5.12. The lowest BCUT2D eigenvalue weighted by Crippen LogP contribution is -2.29. The summed E-state index contributed by atoms with van der Waals surface area (Å²) in [6, 6.07) is 20.2. The largest absolute Gasteiger partial charge is 0.507 e. The van der Waals surface area contributed by atoms with E-state index in [0.29, 0.717) is 31.4 Å². The Hall–Kier alpha value is -3.46. The first-order valence-corrected chi connectivity index (χ1v) is 15.3. The molecule has 41 heavy (non-hydrogen) atoms. The first-order chi connectivity index (χ1) is 19.4. The molecule has 0 spiro atoms. The molecular weight excluding hydrogens is 574 g/mol. The van der Waals surface area contributed by atoms with Crippen molar-refractivity contribution in [3.05, 3.63) is 111 Å². The zero-order valence-electron chi connectivity index (χ0n) is 23.4. The number of rotatable bonds is 6. The molecule has 5 rings (SSSR count). The molecule has 1 aromatic heterocycles. The van der Waals surface area contributed by atoms with E-state index in [0.717, 1.165) is 22.3 Å². The SMILES string of the molecule is Cc1ccc(C)c(C(O)=C2C(=O)C(=O)N(c3nnc(SCc4ccc(Cl)cc4)s3)C2c2ccc(C(C)(C)C)cc2)c1. The number of anilines is 1. The molecule has 3 aromatic carbocycles. The molecule has 4 aromatic rings. The fraction of sp³-hybridized carbons (Fsp3) is 0.250. The predicted molar refractivity (Wildman–Crippen MR) is 167 cm³/mol. The van der Waals surface area contributed by atoms with Crippen LogP contribution in [0.2, 0.25) is 5.02 Å². The molecule has 1 saturated heterocycles. The maximum Gasteiger partial charge on any atom is 0.301 e. The summed E-state index contributed by atoms with van der Waals surface area (Å²) in [5.74, 6) is -1.04. The number of aromatic nitrogens is 2. The molecule has 1 amide bonds. The van der Waals surface area contributed by atoms with Crippen molar-refractivity contribution in [2.45, 2.75) is 56.2 Å². The van der Waals surface area contributed by atoms with Gasteiger partial charge in [0.05, 0.1) is 11.6 Å². The van der Waals surface area contributed by atoms with Gasteiger partial charge < -0.3 is 5.11 Å². The first-order valence-electron chi connectivity index (χ1n) is 13.1. The van der Waals surface area contributed by atoms with Gasteiger partial charge >= 0.3 is 5.91 Å². The van der Waals surface area contributed by atoms with Crippen LogP contribution < -0.4 is 4.90 Å². The third-order valence-corrected chi connectivity index (χ3v) is 9.44. The van der Waals surface area contributed by atoms with Gasteiger partial charge in [-0.15, -0.1) is 10.2 Å². The van der Waals surface area contributed by atoms with Crippen LogP contribution in [0.4, 0.5) is 5.13 Å². The second kappa shape index (κ2) is 11.4. The molecule has 210 valence electrons. The molecule has 1 unspecified atom stereocenters. The minimum atomic E-state index is -0.856. The number of halogens is 1. The molecule has 0 saturated carbocycles. The van der Waals surface area contributed by atoms with Gasteiger partial charge in [-0.2, -0.15) is 0 Å². The van der Waals surface area contributed by atoms with Crippen molar-refractivity contribution in [3.63, 3.8) is 0 Å². The Morgan fingerprint density at radius 3 is 2.34 bits per heavy atom. The number of thioether (sulfide) groups is 1. The Morgan fingerprint density at radius 2 is 1.68 bits per heavy atom. The number of ketones is 1. The summed E-state index contributed by atoms with van der Waals surface area (Å²) in [7, 11) is 0. The summed E-state index contributed by atoms with van der Waals surface area (Å²) in [5, 5.41) is 21.2. The number of hydrogen-bond acceptors (Lipinski definition) is 7. The second-order valence-electron chi connectivity index (χ2n) is 11.1. The number of aliphatic hydroxyl groups excluding tert-OH is 1. The second-order valence-corrected chi connectivity index (χ2v) is 13.7. The van der Waals surface area contributed by atoms with E-state index < -0.39 is 17.7 Å². The van der Waals surface area contributed by atoms with Crippen LogP contribution in [0.1, 0.15) is 60.2 Å². The van der Waals surface area contributed by atoms with Crippen LogP contribution >= 0.6 is 34.7 Å². The third-order valence-electron chi connectivity index (χ3n) is 7.06. The minimum Gasteiger partial charge on any atom is -0.507 e. The number of benzene rings is 3. The van der Waals surface area contributed by atoms with E-state index in [1.54, 1.807) is 0 Å². The number of hydrogen-bond donors (Lipinski definition) is 1. The molecule has 1 aliphatic rings. The Bertz CT molecular complexity index is 1650. The van der Waals surface area contributed by atoms with Gasteiger partial charge in [0.25, 0.3) is 5.78 Å². The lowest BCUT2D eigenvalue weighted by Gasteiger charge is -2.24. The highest BCUT2D eigenvalue weighted by atomic mass is 35.5. The highest BCUT2D eigenvalue weighted by Gasteiger charge is 2.48. The van der Waals surface area contributed by atoms with Crippen molar-refractivity contribution in [3.8, 4) is 0 Å². The van der Waals surface area contributed by atoms with Gasteiger partial charge in [-0.3, -0.25) is 14.5 Å². The summed E-state index contributed by atoms with van der Waals surface area (Å²) in [6.07, 6.45) is 0. The molecular formula is C32H30ClN3O3S2. The fourth-order valence-electron chi connectivity index (χ4n) is 4.73. The Morgan fingerprint density at radius 1 is 1.00 bits per heavy atom. The highest BCUT2D eigenvalue weighted by molar-refractivity contribution is 8.00. The summed E-state index contributed by atoms with van der Waals surface area (Å²) in [4.78, 5) is 28.5. The third kappa shape index (κ3) is 5.96. The van der Waals surface area contributed by atoms with E-state index in [1.165, 1.54) is 28.0 Å². The van der Waals surface area contributed by atoms with Gasteiger partial charge in [-0.1, -0.05) is 110 Å². The van der Waals surface area contributed by atoms with E-state index in [1.807, 2.05) is 80.6 Å².